The third-order valence-electron chi connectivity index (χ3n) is 4.20. The zero-order valence-electron chi connectivity index (χ0n) is 15.3. The maximum Gasteiger partial charge on any atom is 0.416 e. The quantitative estimate of drug-likeness (QED) is 0.729. The fraction of sp³-hybridized carbons (Fsp3) is 0.556. The molecule has 0 aromatic heterocycles. The number of hydrogen-bond donors (Lipinski definition) is 1. The second-order valence-corrected chi connectivity index (χ2v) is 8.37. The van der Waals surface area contributed by atoms with Crippen molar-refractivity contribution in [1.82, 2.24) is 5.06 Å². The lowest BCUT2D eigenvalue weighted by Gasteiger charge is -2.31. The standard InChI is InChI=1S/C18H22BrF3N2O3/c1-17(2,3)16(26)27-24-8-6-11(7-9-24)15(25)23-14-5-4-12(10-13(14)19)18(20,21)22/h4-5,10-11H,6-9H2,1-3H3,(H,23,25). The van der Waals surface area contributed by atoms with Crippen LogP contribution in [0.25, 0.3) is 0 Å². The molecular weight excluding hydrogens is 429 g/mol. The molecule has 0 spiro atoms. The highest BCUT2D eigenvalue weighted by molar-refractivity contribution is 9.10. The number of amides is 1. The lowest BCUT2D eigenvalue weighted by molar-refractivity contribution is -0.205. The van der Waals surface area contributed by atoms with E-state index in [1.165, 1.54) is 6.07 Å². The van der Waals surface area contributed by atoms with Crippen LogP contribution in [0, 0.1) is 11.3 Å². The van der Waals surface area contributed by atoms with E-state index in [4.69, 9.17) is 4.84 Å². The number of halogens is 4. The molecule has 0 aliphatic carbocycles. The first-order valence-corrected chi connectivity index (χ1v) is 9.32. The lowest BCUT2D eigenvalue weighted by Crippen LogP contribution is -2.41. The highest BCUT2D eigenvalue weighted by atomic mass is 79.9. The van der Waals surface area contributed by atoms with Crippen LogP contribution in [0.5, 0.6) is 0 Å². The van der Waals surface area contributed by atoms with E-state index in [1.807, 2.05) is 0 Å². The normalized spacial score (nSPS) is 16.9. The number of nitrogens with one attached hydrogen (secondary N) is 1. The first kappa shape index (κ1) is 21.7. The van der Waals surface area contributed by atoms with Gasteiger partial charge in [-0.05, 0) is 67.7 Å². The minimum Gasteiger partial charge on any atom is -0.367 e. The molecule has 0 unspecified atom stereocenters. The summed E-state index contributed by atoms with van der Waals surface area (Å²) in [5.41, 5.74) is -1.11. The summed E-state index contributed by atoms with van der Waals surface area (Å²) < 4.78 is 38.3. The predicted molar refractivity (Wildman–Crippen MR) is 97.6 cm³/mol. The van der Waals surface area contributed by atoms with Gasteiger partial charge in [0.1, 0.15) is 0 Å². The molecule has 1 heterocycles. The molecule has 1 aliphatic heterocycles. The first-order valence-electron chi connectivity index (χ1n) is 8.53. The molecule has 9 heteroatoms. The van der Waals surface area contributed by atoms with Gasteiger partial charge in [-0.15, -0.1) is 5.06 Å². The Balaban J connectivity index is 1.90. The smallest absolute Gasteiger partial charge is 0.367 e. The van der Waals surface area contributed by atoms with Gasteiger partial charge in [0.15, 0.2) is 0 Å². The highest BCUT2D eigenvalue weighted by Crippen LogP contribution is 2.34. The van der Waals surface area contributed by atoms with Gasteiger partial charge in [0.05, 0.1) is 16.7 Å². The van der Waals surface area contributed by atoms with E-state index in [0.29, 0.717) is 25.9 Å². The van der Waals surface area contributed by atoms with Crippen LogP contribution >= 0.6 is 15.9 Å². The molecule has 27 heavy (non-hydrogen) atoms. The summed E-state index contributed by atoms with van der Waals surface area (Å²) in [7, 11) is 0. The number of nitrogens with zero attached hydrogens (tertiary/aromatic N) is 1. The van der Waals surface area contributed by atoms with E-state index in [9.17, 15) is 22.8 Å². The maximum atomic E-state index is 12.7. The molecule has 5 nitrogen and oxygen atoms in total. The van der Waals surface area contributed by atoms with Gasteiger partial charge in [-0.2, -0.15) is 13.2 Å². The van der Waals surface area contributed by atoms with Crippen LogP contribution in [0.3, 0.4) is 0 Å². The second-order valence-electron chi connectivity index (χ2n) is 7.51. The van der Waals surface area contributed by atoms with Crippen molar-refractivity contribution in [1.29, 1.82) is 0 Å². The van der Waals surface area contributed by atoms with E-state index in [-0.39, 0.29) is 28.0 Å². The van der Waals surface area contributed by atoms with Gasteiger partial charge in [0.2, 0.25) is 5.91 Å². The number of anilines is 1. The number of benzene rings is 1. The van der Waals surface area contributed by atoms with Crippen molar-refractivity contribution < 1.29 is 27.6 Å². The van der Waals surface area contributed by atoms with Crippen LogP contribution in [0.15, 0.2) is 22.7 Å². The maximum absolute atomic E-state index is 12.7. The Hall–Kier alpha value is -1.61. The van der Waals surface area contributed by atoms with Gasteiger partial charge in [0.25, 0.3) is 0 Å². The van der Waals surface area contributed by atoms with Crippen molar-refractivity contribution in [2.45, 2.75) is 39.8 Å². The number of carbonyl (C=O) groups is 2. The van der Waals surface area contributed by atoms with E-state index in [1.54, 1.807) is 25.8 Å². The van der Waals surface area contributed by atoms with E-state index in [0.717, 1.165) is 12.1 Å². The molecule has 0 atom stereocenters. The average molecular weight is 451 g/mol. The fourth-order valence-electron chi connectivity index (χ4n) is 2.49. The van der Waals surface area contributed by atoms with Gasteiger partial charge in [0, 0.05) is 23.5 Å². The van der Waals surface area contributed by atoms with Gasteiger partial charge >= 0.3 is 12.1 Å². The van der Waals surface area contributed by atoms with Crippen LogP contribution in [0.4, 0.5) is 18.9 Å². The molecule has 1 aromatic carbocycles. The summed E-state index contributed by atoms with van der Waals surface area (Å²) >= 11 is 3.07. The lowest BCUT2D eigenvalue weighted by atomic mass is 9.96. The molecule has 2 rings (SSSR count). The van der Waals surface area contributed by atoms with Crippen molar-refractivity contribution in [3.63, 3.8) is 0 Å². The minimum absolute atomic E-state index is 0.169. The molecule has 1 aliphatic rings. The number of carbonyl (C=O) groups excluding carboxylic acids is 2. The molecule has 0 saturated carbocycles. The molecule has 1 fully saturated rings. The summed E-state index contributed by atoms with van der Waals surface area (Å²) in [5.74, 6) is -0.903. The van der Waals surface area contributed by atoms with Gasteiger partial charge in [-0.3, -0.25) is 4.79 Å². The highest BCUT2D eigenvalue weighted by Gasteiger charge is 2.32. The second kappa shape index (κ2) is 8.18. The molecule has 0 radical (unpaired) electrons. The van der Waals surface area contributed by atoms with E-state index in [2.05, 4.69) is 21.2 Å². The molecule has 1 amide bonds. The number of rotatable bonds is 3. The van der Waals surface area contributed by atoms with Crippen molar-refractivity contribution >= 4 is 33.5 Å². The summed E-state index contributed by atoms with van der Waals surface area (Å²) in [6.45, 7) is 6.13. The molecule has 1 saturated heterocycles. The van der Waals surface area contributed by atoms with Crippen LogP contribution < -0.4 is 5.32 Å². The summed E-state index contributed by atoms with van der Waals surface area (Å²) in [6.07, 6.45) is -3.47. The van der Waals surface area contributed by atoms with Crippen molar-refractivity contribution in [2.75, 3.05) is 18.4 Å². The number of alkyl halides is 3. The Bertz CT molecular complexity index is 709. The first-order chi connectivity index (χ1) is 12.4. The number of hydroxylamine groups is 2. The Morgan fingerprint density at radius 3 is 2.26 bits per heavy atom. The summed E-state index contributed by atoms with van der Waals surface area (Å²) in [5, 5.41) is 4.21. The Morgan fingerprint density at radius 1 is 1.19 bits per heavy atom. The number of hydrogen-bond acceptors (Lipinski definition) is 4. The van der Waals surface area contributed by atoms with Crippen LogP contribution in [-0.4, -0.2) is 30.0 Å². The topological polar surface area (TPSA) is 58.6 Å². The largest absolute Gasteiger partial charge is 0.416 e. The zero-order valence-corrected chi connectivity index (χ0v) is 16.9. The average Bonchev–Trinajstić information content (AvgIpc) is 2.55. The third kappa shape index (κ3) is 5.93. The predicted octanol–water partition coefficient (Wildman–Crippen LogP) is 4.62. The van der Waals surface area contributed by atoms with Gasteiger partial charge < -0.3 is 10.2 Å². The monoisotopic (exact) mass is 450 g/mol. The van der Waals surface area contributed by atoms with E-state index < -0.39 is 17.2 Å². The Morgan fingerprint density at radius 2 is 1.78 bits per heavy atom. The van der Waals surface area contributed by atoms with Crippen LogP contribution in [0.2, 0.25) is 0 Å². The molecule has 1 aromatic rings. The SMILES string of the molecule is CC(C)(C)C(=O)ON1CCC(C(=O)Nc2ccc(C(F)(F)F)cc2Br)CC1. The summed E-state index contributed by atoms with van der Waals surface area (Å²) in [4.78, 5) is 29.6. The zero-order chi connectivity index (χ0) is 20.4. The van der Waals surface area contributed by atoms with Crippen molar-refractivity contribution in [2.24, 2.45) is 11.3 Å². The van der Waals surface area contributed by atoms with Crippen LogP contribution in [-0.2, 0) is 20.6 Å². The van der Waals surface area contributed by atoms with Crippen molar-refractivity contribution in [3.8, 4) is 0 Å². The van der Waals surface area contributed by atoms with Crippen LogP contribution in [0.1, 0.15) is 39.2 Å². The summed E-state index contributed by atoms with van der Waals surface area (Å²) in [6, 6.07) is 3.09. The van der Waals surface area contributed by atoms with Gasteiger partial charge in [-0.1, -0.05) is 0 Å². The Kier molecular flexibility index (Phi) is 6.57. The van der Waals surface area contributed by atoms with E-state index >= 15 is 0 Å². The number of piperidine rings is 1. The van der Waals surface area contributed by atoms with Crippen molar-refractivity contribution in [3.05, 3.63) is 28.2 Å². The Labute approximate surface area is 164 Å². The fourth-order valence-corrected chi connectivity index (χ4v) is 2.97. The molecule has 150 valence electrons. The molecule has 1 N–H and O–H groups in total. The van der Waals surface area contributed by atoms with Gasteiger partial charge in [-0.25, -0.2) is 4.79 Å². The minimum atomic E-state index is -4.44. The molecular formula is C18H22BrF3N2O3. The third-order valence-corrected chi connectivity index (χ3v) is 4.86. The molecule has 0 bridgehead atoms.